The van der Waals surface area contributed by atoms with Crippen molar-refractivity contribution in [2.24, 2.45) is 0 Å². The van der Waals surface area contributed by atoms with Gasteiger partial charge in [0.1, 0.15) is 0 Å². The van der Waals surface area contributed by atoms with E-state index in [2.05, 4.69) is 0 Å². The first-order valence-corrected chi connectivity index (χ1v) is 6.43. The minimum absolute atomic E-state index is 0. The largest absolute Gasteiger partial charge is 0.481 e. The first kappa shape index (κ1) is 63.4. The molecule has 29 heavy (non-hydrogen) atoms. The Bertz CT molecular complexity index is 214. The number of carboxylic acid groups (broad SMARTS) is 5. The lowest BCUT2D eigenvalue weighted by Crippen LogP contribution is -1.78. The van der Waals surface area contributed by atoms with Crippen molar-refractivity contribution in [3.05, 3.63) is 0 Å². The predicted octanol–water partition coefficient (Wildman–Crippen LogP) is -1.94. The van der Waals surface area contributed by atoms with Crippen molar-refractivity contribution >= 4 is 29.8 Å². The van der Waals surface area contributed by atoms with E-state index in [1.807, 2.05) is 0 Å². The van der Waals surface area contributed by atoms with Crippen LogP contribution in [0.5, 0.6) is 0 Å². The van der Waals surface area contributed by atoms with E-state index >= 15 is 0 Å². The molecule has 15 heteroatoms. The van der Waals surface area contributed by atoms with Crippen LogP contribution in [0.25, 0.3) is 0 Å². The van der Waals surface area contributed by atoms with E-state index in [0.29, 0.717) is 0 Å². The molecule has 0 aromatic heterocycles. The van der Waals surface area contributed by atoms with Crippen LogP contribution in [0.4, 0.5) is 0 Å². The van der Waals surface area contributed by atoms with Gasteiger partial charge in [0.25, 0.3) is 29.8 Å². The van der Waals surface area contributed by atoms with Gasteiger partial charge < -0.3 is 51.4 Å². The summed E-state index contributed by atoms with van der Waals surface area (Å²) in [5.74, 6) is -4.17. The SMILES string of the molecule is CC(=O)O.CC(=O)O.CC(=O)O.CC(=O)O.CC(=O)O.CO.CO.CO.CO.O. The van der Waals surface area contributed by atoms with Crippen molar-refractivity contribution in [3.8, 4) is 0 Å². The Morgan fingerprint density at radius 2 is 0.345 bits per heavy atom. The molecule has 0 heterocycles. The van der Waals surface area contributed by atoms with E-state index in [9.17, 15) is 0 Å². The zero-order valence-electron chi connectivity index (χ0n) is 18.1. The van der Waals surface area contributed by atoms with Crippen LogP contribution in [0, 0.1) is 0 Å². The maximum Gasteiger partial charge on any atom is 0.300 e. The molecule has 0 spiro atoms. The lowest BCUT2D eigenvalue weighted by molar-refractivity contribution is -0.135. The fourth-order valence-corrected chi connectivity index (χ4v) is 0. The predicted molar refractivity (Wildman–Crippen MR) is 103 cm³/mol. The highest BCUT2D eigenvalue weighted by Crippen LogP contribution is 1.43. The van der Waals surface area contributed by atoms with Gasteiger partial charge in [0.15, 0.2) is 0 Å². The molecular weight excluding hydrogens is 408 g/mol. The molecule has 0 amide bonds. The molecule has 0 aromatic rings. The number of aliphatic hydroxyl groups excluding tert-OH is 4. The lowest BCUT2D eigenvalue weighted by Gasteiger charge is -1.59. The standard InChI is InChI=1S/5C2H4O2.4CH4O.H2O/c5*1-2(3)4;4*1-2;/h5*1H3,(H,3,4);4*2H,1H3;1H2. The summed E-state index contributed by atoms with van der Waals surface area (Å²) in [6.45, 7) is 5.42. The fourth-order valence-electron chi connectivity index (χ4n) is 0. The van der Waals surface area contributed by atoms with Gasteiger partial charge in [-0.1, -0.05) is 0 Å². The van der Waals surface area contributed by atoms with Crippen LogP contribution in [0.2, 0.25) is 0 Å². The minimum atomic E-state index is -0.833. The normalized spacial score (nSPS) is 5.14. The summed E-state index contributed by atoms with van der Waals surface area (Å²) in [6.07, 6.45) is 0. The van der Waals surface area contributed by atoms with Gasteiger partial charge in [-0.05, 0) is 0 Å². The second-order valence-corrected chi connectivity index (χ2v) is 2.60. The van der Waals surface area contributed by atoms with E-state index in [4.69, 9.17) is 69.9 Å². The minimum Gasteiger partial charge on any atom is -0.481 e. The van der Waals surface area contributed by atoms with Crippen molar-refractivity contribution in [1.82, 2.24) is 0 Å². The Kier molecular flexibility index (Phi) is 217. The summed E-state index contributed by atoms with van der Waals surface area (Å²) in [4.78, 5) is 45.0. The molecule has 184 valence electrons. The summed E-state index contributed by atoms with van der Waals surface area (Å²) >= 11 is 0. The van der Waals surface area contributed by atoms with E-state index in [-0.39, 0.29) is 5.48 Å². The molecular formula is C14H38O15. The van der Waals surface area contributed by atoms with E-state index in [1.165, 1.54) is 0 Å². The number of aliphatic carboxylic acids is 5. The smallest absolute Gasteiger partial charge is 0.300 e. The quantitative estimate of drug-likeness (QED) is 0.195. The van der Waals surface area contributed by atoms with Crippen molar-refractivity contribution < 1.29 is 75.4 Å². The average Bonchev–Trinajstić information content (AvgIpc) is 2.52. The van der Waals surface area contributed by atoms with Crippen molar-refractivity contribution in [2.75, 3.05) is 28.4 Å². The number of carbonyl (C=O) groups is 5. The Hall–Kier alpha value is -2.85. The molecule has 0 rings (SSSR count). The van der Waals surface area contributed by atoms with Gasteiger partial charge in [-0.15, -0.1) is 0 Å². The van der Waals surface area contributed by atoms with Gasteiger partial charge in [0.05, 0.1) is 0 Å². The summed E-state index contributed by atoms with van der Waals surface area (Å²) in [5, 5.41) is 65.1. The molecule has 0 saturated carbocycles. The first-order valence-electron chi connectivity index (χ1n) is 6.43. The third-order valence-electron chi connectivity index (χ3n) is 0. The third-order valence-corrected chi connectivity index (χ3v) is 0. The highest BCUT2D eigenvalue weighted by Gasteiger charge is 1.67. The lowest BCUT2D eigenvalue weighted by atomic mass is 10.9. The second kappa shape index (κ2) is 99.4. The van der Waals surface area contributed by atoms with Crippen molar-refractivity contribution in [2.45, 2.75) is 34.6 Å². The fraction of sp³-hybridized carbons (Fsp3) is 0.643. The van der Waals surface area contributed by atoms with Crippen molar-refractivity contribution in [1.29, 1.82) is 0 Å². The molecule has 15 nitrogen and oxygen atoms in total. The van der Waals surface area contributed by atoms with Gasteiger partial charge in [-0.25, -0.2) is 0 Å². The molecule has 0 atom stereocenters. The summed E-state index contributed by atoms with van der Waals surface area (Å²) in [6, 6.07) is 0. The Labute approximate surface area is 169 Å². The van der Waals surface area contributed by atoms with Crippen LogP contribution in [-0.2, 0) is 24.0 Å². The van der Waals surface area contributed by atoms with E-state index in [0.717, 1.165) is 63.1 Å². The highest BCUT2D eigenvalue weighted by atomic mass is 16.4. The van der Waals surface area contributed by atoms with Crippen LogP contribution in [0.1, 0.15) is 34.6 Å². The van der Waals surface area contributed by atoms with Gasteiger partial charge in [0.2, 0.25) is 0 Å². The summed E-state index contributed by atoms with van der Waals surface area (Å²) in [7, 11) is 4.00. The van der Waals surface area contributed by atoms with Crippen LogP contribution >= 0.6 is 0 Å². The zero-order valence-corrected chi connectivity index (χ0v) is 18.1. The topological polar surface area (TPSA) is 299 Å². The van der Waals surface area contributed by atoms with Crippen LogP contribution < -0.4 is 0 Å². The number of hydrogen-bond donors (Lipinski definition) is 9. The monoisotopic (exact) mass is 446 g/mol. The van der Waals surface area contributed by atoms with E-state index in [1.54, 1.807) is 0 Å². The average molecular weight is 446 g/mol. The number of aliphatic hydroxyl groups is 4. The maximum absolute atomic E-state index is 9.00. The molecule has 0 aliphatic heterocycles. The molecule has 11 N–H and O–H groups in total. The first-order chi connectivity index (χ1) is 12.7. The summed E-state index contributed by atoms with van der Waals surface area (Å²) in [5.41, 5.74) is 0. The molecule has 0 radical (unpaired) electrons. The Morgan fingerprint density at radius 1 is 0.345 bits per heavy atom. The van der Waals surface area contributed by atoms with Gasteiger partial charge in [-0.2, -0.15) is 0 Å². The van der Waals surface area contributed by atoms with Crippen LogP contribution in [-0.4, -0.2) is 110 Å². The number of rotatable bonds is 0. The zero-order chi connectivity index (χ0) is 25.9. The molecule has 0 aliphatic carbocycles. The number of hydrogen-bond acceptors (Lipinski definition) is 9. The van der Waals surface area contributed by atoms with E-state index < -0.39 is 29.8 Å². The Morgan fingerprint density at radius 3 is 0.345 bits per heavy atom. The van der Waals surface area contributed by atoms with Gasteiger partial charge >= 0.3 is 0 Å². The second-order valence-electron chi connectivity index (χ2n) is 2.60. The molecule has 0 saturated heterocycles. The molecule has 0 unspecified atom stereocenters. The molecule has 0 bridgehead atoms. The maximum atomic E-state index is 9.00. The van der Waals surface area contributed by atoms with Gasteiger partial charge in [0, 0.05) is 63.1 Å². The highest BCUT2D eigenvalue weighted by molar-refractivity contribution is 5.63. The van der Waals surface area contributed by atoms with Gasteiger partial charge in [-0.3, -0.25) is 24.0 Å². The molecule has 0 aromatic carbocycles. The Balaban J connectivity index is -0.0000000178. The van der Waals surface area contributed by atoms with Crippen LogP contribution in [0.15, 0.2) is 0 Å². The van der Waals surface area contributed by atoms with Crippen LogP contribution in [0.3, 0.4) is 0 Å². The third kappa shape index (κ3) is 1660. The molecule has 0 aliphatic rings. The van der Waals surface area contributed by atoms with Crippen molar-refractivity contribution in [3.63, 3.8) is 0 Å². The molecule has 0 fully saturated rings. The number of carboxylic acids is 5. The summed E-state index contributed by atoms with van der Waals surface area (Å²) < 4.78 is 0.